The van der Waals surface area contributed by atoms with Gasteiger partial charge in [0.05, 0.1) is 5.60 Å². The molecule has 0 unspecified atom stereocenters. The lowest BCUT2D eigenvalue weighted by atomic mass is 9.82. The smallest absolute Gasteiger partial charge is 0.128 e. The van der Waals surface area contributed by atoms with Crippen LogP contribution in [0, 0.1) is 6.92 Å². The highest BCUT2D eigenvalue weighted by atomic mass is 16.3. The van der Waals surface area contributed by atoms with Gasteiger partial charge in [0.2, 0.25) is 0 Å². The fourth-order valence-corrected chi connectivity index (χ4v) is 3.52. The van der Waals surface area contributed by atoms with Crippen LogP contribution in [0.5, 0.6) is 0 Å². The maximum Gasteiger partial charge on any atom is 0.128 e. The molecular formula is C20H27N3O. The van der Waals surface area contributed by atoms with Gasteiger partial charge in [-0.25, -0.2) is 9.97 Å². The molecule has 1 saturated heterocycles. The molecule has 3 rings (SSSR count). The minimum absolute atomic E-state index is 0.691. The Balaban J connectivity index is 1.60. The van der Waals surface area contributed by atoms with E-state index >= 15 is 0 Å². The largest absolute Gasteiger partial charge is 0.385 e. The van der Waals surface area contributed by atoms with E-state index in [-0.39, 0.29) is 0 Å². The first-order valence-corrected chi connectivity index (χ1v) is 8.91. The number of aryl methyl sites for hydroxylation is 2. The van der Waals surface area contributed by atoms with Crippen LogP contribution < -0.4 is 0 Å². The second-order valence-corrected chi connectivity index (χ2v) is 6.88. The highest BCUT2D eigenvalue weighted by Crippen LogP contribution is 2.34. The molecule has 0 atom stereocenters. The van der Waals surface area contributed by atoms with E-state index in [9.17, 15) is 5.11 Å². The fraction of sp³-hybridized carbons (Fsp3) is 0.500. The Morgan fingerprint density at radius 2 is 1.79 bits per heavy atom. The maximum absolute atomic E-state index is 11.1. The molecule has 1 fully saturated rings. The SMILES string of the molecule is CCCc1ncc(CN2CCC(O)(c3ccccc3C)CC2)cn1. The second kappa shape index (κ2) is 7.41. The van der Waals surface area contributed by atoms with E-state index < -0.39 is 5.60 Å². The zero-order valence-electron chi connectivity index (χ0n) is 14.7. The van der Waals surface area contributed by atoms with Crippen molar-refractivity contribution < 1.29 is 5.11 Å². The highest BCUT2D eigenvalue weighted by Gasteiger charge is 2.34. The minimum atomic E-state index is -0.691. The van der Waals surface area contributed by atoms with E-state index in [2.05, 4.69) is 40.8 Å². The van der Waals surface area contributed by atoms with Gasteiger partial charge in [0, 0.05) is 44.0 Å². The van der Waals surface area contributed by atoms with Crippen LogP contribution in [0.1, 0.15) is 48.7 Å². The predicted molar refractivity (Wildman–Crippen MR) is 95.6 cm³/mol. The van der Waals surface area contributed by atoms with Crippen molar-refractivity contribution in [2.24, 2.45) is 0 Å². The summed E-state index contributed by atoms with van der Waals surface area (Å²) in [5.41, 5.74) is 2.71. The lowest BCUT2D eigenvalue weighted by Crippen LogP contribution is -2.42. The van der Waals surface area contributed by atoms with Crippen LogP contribution in [0.3, 0.4) is 0 Å². The standard InChI is InChI=1S/C20H27N3O/c1-3-6-19-21-13-17(14-22-19)15-23-11-9-20(24,10-12-23)18-8-5-4-7-16(18)2/h4-5,7-8,13-14,24H,3,6,9-12,15H2,1-2H3. The van der Waals surface area contributed by atoms with Gasteiger partial charge in [0.15, 0.2) is 0 Å². The van der Waals surface area contributed by atoms with Crippen LogP contribution in [-0.4, -0.2) is 33.1 Å². The van der Waals surface area contributed by atoms with Crippen molar-refractivity contribution >= 4 is 0 Å². The molecule has 24 heavy (non-hydrogen) atoms. The molecule has 2 heterocycles. The average molecular weight is 325 g/mol. The Hall–Kier alpha value is -1.78. The maximum atomic E-state index is 11.1. The molecule has 0 saturated carbocycles. The topological polar surface area (TPSA) is 49.2 Å². The predicted octanol–water partition coefficient (Wildman–Crippen LogP) is 3.22. The molecule has 4 nitrogen and oxygen atoms in total. The zero-order valence-corrected chi connectivity index (χ0v) is 14.7. The number of piperidine rings is 1. The van der Waals surface area contributed by atoms with Crippen LogP contribution in [0.15, 0.2) is 36.7 Å². The van der Waals surface area contributed by atoms with Crippen molar-refractivity contribution in [1.82, 2.24) is 14.9 Å². The molecule has 1 aromatic carbocycles. The Morgan fingerprint density at radius 1 is 1.12 bits per heavy atom. The van der Waals surface area contributed by atoms with Crippen molar-refractivity contribution in [2.75, 3.05) is 13.1 Å². The summed E-state index contributed by atoms with van der Waals surface area (Å²) >= 11 is 0. The fourth-order valence-electron chi connectivity index (χ4n) is 3.52. The summed E-state index contributed by atoms with van der Waals surface area (Å²) in [5, 5.41) is 11.1. The van der Waals surface area contributed by atoms with E-state index in [0.717, 1.165) is 62.3 Å². The van der Waals surface area contributed by atoms with E-state index in [1.165, 1.54) is 5.56 Å². The molecule has 1 N–H and O–H groups in total. The van der Waals surface area contributed by atoms with Crippen molar-refractivity contribution in [1.29, 1.82) is 0 Å². The Bertz CT molecular complexity index is 661. The first-order chi connectivity index (χ1) is 11.6. The number of benzene rings is 1. The number of rotatable bonds is 5. The lowest BCUT2D eigenvalue weighted by molar-refractivity contribution is -0.0282. The van der Waals surface area contributed by atoms with Crippen molar-refractivity contribution in [3.63, 3.8) is 0 Å². The van der Waals surface area contributed by atoms with Gasteiger partial charge in [-0.05, 0) is 37.3 Å². The zero-order chi connectivity index (χ0) is 17.0. The summed E-state index contributed by atoms with van der Waals surface area (Å²) in [4.78, 5) is 11.2. The number of hydrogen-bond acceptors (Lipinski definition) is 4. The number of likely N-dealkylation sites (tertiary alicyclic amines) is 1. The van der Waals surface area contributed by atoms with Gasteiger partial charge < -0.3 is 5.11 Å². The number of aliphatic hydroxyl groups is 1. The van der Waals surface area contributed by atoms with E-state index in [1.54, 1.807) is 0 Å². The highest BCUT2D eigenvalue weighted by molar-refractivity contribution is 5.31. The molecular weight excluding hydrogens is 298 g/mol. The van der Waals surface area contributed by atoms with E-state index in [4.69, 9.17) is 0 Å². The third kappa shape index (κ3) is 3.82. The van der Waals surface area contributed by atoms with Crippen LogP contribution in [0.4, 0.5) is 0 Å². The second-order valence-electron chi connectivity index (χ2n) is 6.88. The monoisotopic (exact) mass is 325 g/mol. The Kier molecular flexibility index (Phi) is 5.27. The summed E-state index contributed by atoms with van der Waals surface area (Å²) < 4.78 is 0. The average Bonchev–Trinajstić information content (AvgIpc) is 2.59. The van der Waals surface area contributed by atoms with Crippen molar-refractivity contribution in [3.05, 3.63) is 59.2 Å². The molecule has 0 radical (unpaired) electrons. The third-order valence-corrected chi connectivity index (χ3v) is 4.97. The van der Waals surface area contributed by atoms with Crippen molar-refractivity contribution in [2.45, 2.75) is 51.7 Å². The van der Waals surface area contributed by atoms with Gasteiger partial charge >= 0.3 is 0 Å². The normalized spacial score (nSPS) is 17.8. The first-order valence-electron chi connectivity index (χ1n) is 8.91. The molecule has 0 aliphatic carbocycles. The summed E-state index contributed by atoms with van der Waals surface area (Å²) in [6, 6.07) is 8.18. The van der Waals surface area contributed by atoms with Gasteiger partial charge in [0.1, 0.15) is 5.82 Å². The van der Waals surface area contributed by atoms with E-state index in [0.29, 0.717) is 0 Å². The quantitative estimate of drug-likeness (QED) is 0.917. The van der Waals surface area contributed by atoms with Gasteiger partial charge in [-0.1, -0.05) is 31.2 Å². The molecule has 0 spiro atoms. The molecule has 0 bridgehead atoms. The summed E-state index contributed by atoms with van der Waals surface area (Å²) in [7, 11) is 0. The molecule has 128 valence electrons. The molecule has 0 amide bonds. The lowest BCUT2D eigenvalue weighted by Gasteiger charge is -2.39. The van der Waals surface area contributed by atoms with Gasteiger partial charge in [-0.2, -0.15) is 0 Å². The van der Waals surface area contributed by atoms with E-state index in [1.807, 2.05) is 24.5 Å². The molecule has 4 heteroatoms. The number of aromatic nitrogens is 2. The van der Waals surface area contributed by atoms with Crippen LogP contribution in [0.2, 0.25) is 0 Å². The Labute approximate surface area is 144 Å². The molecule has 1 aromatic heterocycles. The minimum Gasteiger partial charge on any atom is -0.385 e. The van der Waals surface area contributed by atoms with Crippen LogP contribution in [-0.2, 0) is 18.6 Å². The molecule has 1 aliphatic heterocycles. The van der Waals surface area contributed by atoms with Gasteiger partial charge in [-0.15, -0.1) is 0 Å². The van der Waals surface area contributed by atoms with Crippen LogP contribution in [0.25, 0.3) is 0 Å². The first kappa shape index (κ1) is 17.1. The summed E-state index contributed by atoms with van der Waals surface area (Å²) in [6.45, 7) is 6.86. The summed E-state index contributed by atoms with van der Waals surface area (Å²) in [5.74, 6) is 0.925. The number of nitrogens with zero attached hydrogens (tertiary/aromatic N) is 3. The Morgan fingerprint density at radius 3 is 2.42 bits per heavy atom. The third-order valence-electron chi connectivity index (χ3n) is 4.97. The summed E-state index contributed by atoms with van der Waals surface area (Å²) in [6.07, 6.45) is 7.44. The van der Waals surface area contributed by atoms with Crippen molar-refractivity contribution in [3.8, 4) is 0 Å². The van der Waals surface area contributed by atoms with Gasteiger partial charge in [-0.3, -0.25) is 4.90 Å². The number of hydrogen-bond donors (Lipinski definition) is 1. The van der Waals surface area contributed by atoms with Gasteiger partial charge in [0.25, 0.3) is 0 Å². The molecule has 1 aliphatic rings. The molecule has 2 aromatic rings. The van der Waals surface area contributed by atoms with Crippen LogP contribution >= 0.6 is 0 Å².